The first-order valence-electron chi connectivity index (χ1n) is 8.63. The van der Waals surface area contributed by atoms with Crippen molar-refractivity contribution in [3.8, 4) is 0 Å². The maximum absolute atomic E-state index is 12.9. The third-order valence-electron chi connectivity index (χ3n) is 4.16. The Balaban J connectivity index is 1.95. The molecule has 0 saturated carbocycles. The average Bonchev–Trinajstić information content (AvgIpc) is 2.64. The smallest absolute Gasteiger partial charge is 0.313 e. The second kappa shape index (κ2) is 8.99. The zero-order chi connectivity index (χ0) is 19.1. The fourth-order valence-electron chi connectivity index (χ4n) is 2.62. The predicted octanol–water partition coefficient (Wildman–Crippen LogP) is 3.24. The first-order valence-corrected chi connectivity index (χ1v) is 8.63. The lowest BCUT2D eigenvalue weighted by Gasteiger charge is -2.22. The lowest BCUT2D eigenvalue weighted by atomic mass is 10.1. The predicted molar refractivity (Wildman–Crippen MR) is 102 cm³/mol. The van der Waals surface area contributed by atoms with Gasteiger partial charge in [0.1, 0.15) is 5.82 Å². The highest BCUT2D eigenvalue weighted by atomic mass is 19.1. The van der Waals surface area contributed by atoms with Gasteiger partial charge in [0.05, 0.1) is 0 Å². The van der Waals surface area contributed by atoms with Gasteiger partial charge in [0.25, 0.3) is 0 Å². The van der Waals surface area contributed by atoms with Crippen molar-refractivity contribution in [2.75, 3.05) is 23.3 Å². The second-order valence-corrected chi connectivity index (χ2v) is 5.93. The summed E-state index contributed by atoms with van der Waals surface area (Å²) in [5, 5.41) is 5.15. The Morgan fingerprint density at radius 3 is 2.23 bits per heavy atom. The van der Waals surface area contributed by atoms with Crippen LogP contribution in [0.4, 0.5) is 15.8 Å². The maximum Gasteiger partial charge on any atom is 0.313 e. The van der Waals surface area contributed by atoms with Crippen molar-refractivity contribution in [1.82, 2.24) is 5.32 Å². The number of anilines is 2. The lowest BCUT2D eigenvalue weighted by molar-refractivity contribution is -0.136. The highest BCUT2D eigenvalue weighted by molar-refractivity contribution is 6.39. The number of nitrogens with one attached hydrogen (secondary N) is 2. The normalized spacial score (nSPS) is 10.3. The minimum absolute atomic E-state index is 0.159. The molecule has 0 spiro atoms. The van der Waals surface area contributed by atoms with Crippen LogP contribution in [0.5, 0.6) is 0 Å². The van der Waals surface area contributed by atoms with Gasteiger partial charge >= 0.3 is 11.8 Å². The zero-order valence-electron chi connectivity index (χ0n) is 15.3. The van der Waals surface area contributed by atoms with Crippen LogP contribution in [0.25, 0.3) is 0 Å². The van der Waals surface area contributed by atoms with E-state index in [9.17, 15) is 14.0 Å². The van der Waals surface area contributed by atoms with Crippen molar-refractivity contribution in [1.29, 1.82) is 0 Å². The van der Waals surface area contributed by atoms with E-state index >= 15 is 0 Å². The number of rotatable bonds is 6. The fraction of sp³-hybridized carbons (Fsp3) is 0.300. The lowest BCUT2D eigenvalue weighted by Crippen LogP contribution is -2.35. The van der Waals surface area contributed by atoms with Crippen LogP contribution in [0.3, 0.4) is 0 Å². The topological polar surface area (TPSA) is 61.4 Å². The van der Waals surface area contributed by atoms with E-state index < -0.39 is 11.8 Å². The number of nitrogens with zero attached hydrogens (tertiary/aromatic N) is 1. The summed E-state index contributed by atoms with van der Waals surface area (Å²) in [7, 11) is 0. The highest BCUT2D eigenvalue weighted by Crippen LogP contribution is 2.22. The van der Waals surface area contributed by atoms with Crippen molar-refractivity contribution in [3.63, 3.8) is 0 Å². The van der Waals surface area contributed by atoms with E-state index in [2.05, 4.69) is 29.4 Å². The molecule has 0 aliphatic rings. The zero-order valence-corrected chi connectivity index (χ0v) is 15.3. The van der Waals surface area contributed by atoms with Gasteiger partial charge in [-0.15, -0.1) is 0 Å². The van der Waals surface area contributed by atoms with Crippen LogP contribution in [0, 0.1) is 12.7 Å². The maximum atomic E-state index is 12.9. The summed E-state index contributed by atoms with van der Waals surface area (Å²) in [6, 6.07) is 11.4. The van der Waals surface area contributed by atoms with Crippen LogP contribution in [0.15, 0.2) is 42.5 Å². The number of hydrogen-bond acceptors (Lipinski definition) is 3. The van der Waals surface area contributed by atoms with Gasteiger partial charge in [0, 0.05) is 31.0 Å². The summed E-state index contributed by atoms with van der Waals surface area (Å²) in [6.07, 6.45) is 0. The van der Waals surface area contributed by atoms with E-state index in [1.807, 2.05) is 19.1 Å². The van der Waals surface area contributed by atoms with E-state index in [-0.39, 0.29) is 12.4 Å². The Labute approximate surface area is 153 Å². The van der Waals surface area contributed by atoms with Gasteiger partial charge in [0.2, 0.25) is 0 Å². The van der Waals surface area contributed by atoms with Crippen LogP contribution in [0.2, 0.25) is 0 Å². The van der Waals surface area contributed by atoms with Gasteiger partial charge in [-0.25, -0.2) is 4.39 Å². The van der Waals surface area contributed by atoms with Crippen LogP contribution in [-0.2, 0) is 16.1 Å². The molecule has 2 amide bonds. The molecule has 2 N–H and O–H groups in total. The van der Waals surface area contributed by atoms with Crippen molar-refractivity contribution < 1.29 is 14.0 Å². The summed E-state index contributed by atoms with van der Waals surface area (Å²) >= 11 is 0. The Morgan fingerprint density at radius 1 is 1.00 bits per heavy atom. The molecule has 0 radical (unpaired) electrons. The van der Waals surface area contributed by atoms with Crippen LogP contribution >= 0.6 is 0 Å². The Hall–Kier alpha value is -2.89. The standard InChI is InChI=1S/C20H24FN3O2/c1-4-24(5-2)17-10-11-18(14(3)12-17)23-20(26)19(25)22-13-15-6-8-16(21)9-7-15/h6-12H,4-5,13H2,1-3H3,(H,22,25)(H,23,26). The third-order valence-corrected chi connectivity index (χ3v) is 4.16. The molecule has 0 heterocycles. The Kier molecular flexibility index (Phi) is 6.72. The molecule has 138 valence electrons. The Morgan fingerprint density at radius 2 is 1.65 bits per heavy atom. The second-order valence-electron chi connectivity index (χ2n) is 5.93. The molecule has 26 heavy (non-hydrogen) atoms. The summed E-state index contributed by atoms with van der Waals surface area (Å²) in [4.78, 5) is 26.2. The van der Waals surface area contributed by atoms with Gasteiger partial charge in [-0.05, 0) is 62.2 Å². The number of carbonyl (C=O) groups is 2. The number of hydrogen-bond donors (Lipinski definition) is 2. The first kappa shape index (κ1) is 19.4. The summed E-state index contributed by atoms with van der Waals surface area (Å²) in [5.41, 5.74) is 3.27. The monoisotopic (exact) mass is 357 g/mol. The van der Waals surface area contributed by atoms with Crippen molar-refractivity contribution in [2.45, 2.75) is 27.3 Å². The molecule has 0 fully saturated rings. The molecule has 2 aromatic rings. The molecule has 0 atom stereocenters. The molecule has 6 heteroatoms. The number of benzene rings is 2. The Bertz CT molecular complexity index is 771. The molecular weight excluding hydrogens is 333 g/mol. The van der Waals surface area contributed by atoms with Crippen molar-refractivity contribution in [2.24, 2.45) is 0 Å². The minimum Gasteiger partial charge on any atom is -0.372 e. The molecule has 0 unspecified atom stereocenters. The van der Waals surface area contributed by atoms with Gasteiger partial charge < -0.3 is 15.5 Å². The van der Waals surface area contributed by atoms with Gasteiger partial charge in [-0.2, -0.15) is 0 Å². The van der Waals surface area contributed by atoms with E-state index in [1.54, 1.807) is 18.2 Å². The van der Waals surface area contributed by atoms with E-state index in [4.69, 9.17) is 0 Å². The molecule has 2 rings (SSSR count). The van der Waals surface area contributed by atoms with Crippen molar-refractivity contribution in [3.05, 3.63) is 59.4 Å². The van der Waals surface area contributed by atoms with Crippen LogP contribution in [-0.4, -0.2) is 24.9 Å². The largest absolute Gasteiger partial charge is 0.372 e. The highest BCUT2D eigenvalue weighted by Gasteiger charge is 2.15. The third kappa shape index (κ3) is 5.05. The molecular formula is C20H24FN3O2. The molecule has 0 aromatic heterocycles. The summed E-state index contributed by atoms with van der Waals surface area (Å²) in [6.45, 7) is 8.01. The van der Waals surface area contributed by atoms with Crippen LogP contribution in [0.1, 0.15) is 25.0 Å². The quantitative estimate of drug-likeness (QED) is 0.780. The van der Waals surface area contributed by atoms with E-state index in [0.717, 1.165) is 24.3 Å². The fourth-order valence-corrected chi connectivity index (χ4v) is 2.62. The van der Waals surface area contributed by atoms with E-state index in [1.165, 1.54) is 12.1 Å². The number of aryl methyl sites for hydroxylation is 1. The summed E-state index contributed by atoms with van der Waals surface area (Å²) < 4.78 is 12.9. The average molecular weight is 357 g/mol. The molecule has 0 aliphatic carbocycles. The molecule has 0 bridgehead atoms. The number of carbonyl (C=O) groups excluding carboxylic acids is 2. The SMILES string of the molecule is CCN(CC)c1ccc(NC(=O)C(=O)NCc2ccc(F)cc2)c(C)c1. The van der Waals surface area contributed by atoms with Gasteiger partial charge in [-0.1, -0.05) is 12.1 Å². The van der Waals surface area contributed by atoms with Gasteiger partial charge in [-0.3, -0.25) is 9.59 Å². The molecule has 0 saturated heterocycles. The first-order chi connectivity index (χ1) is 12.4. The molecule has 2 aromatic carbocycles. The van der Waals surface area contributed by atoms with E-state index in [0.29, 0.717) is 11.3 Å². The minimum atomic E-state index is -0.735. The van der Waals surface area contributed by atoms with Gasteiger partial charge in [0.15, 0.2) is 0 Å². The van der Waals surface area contributed by atoms with Crippen LogP contribution < -0.4 is 15.5 Å². The van der Waals surface area contributed by atoms with Crippen molar-refractivity contribution >= 4 is 23.2 Å². The number of amides is 2. The summed E-state index contributed by atoms with van der Waals surface area (Å²) in [5.74, 6) is -1.81. The molecule has 5 nitrogen and oxygen atoms in total. The number of halogens is 1. The molecule has 0 aliphatic heterocycles.